The summed E-state index contributed by atoms with van der Waals surface area (Å²) in [6.45, 7) is 14.7. The monoisotopic (exact) mass is 564 g/mol. The van der Waals surface area contributed by atoms with Crippen LogP contribution in [0.25, 0.3) is 0 Å². The van der Waals surface area contributed by atoms with Crippen molar-refractivity contribution in [3.63, 3.8) is 0 Å². The second-order valence-corrected chi connectivity index (χ2v) is 12.0. The van der Waals surface area contributed by atoms with Gasteiger partial charge < -0.3 is 15.6 Å². The molecule has 1 atom stereocenters. The van der Waals surface area contributed by atoms with E-state index in [1.807, 2.05) is 26.0 Å². The van der Waals surface area contributed by atoms with Crippen molar-refractivity contribution in [1.29, 1.82) is 0 Å². The van der Waals surface area contributed by atoms with Crippen LogP contribution in [-0.4, -0.2) is 25.3 Å². The predicted octanol–water partition coefficient (Wildman–Crippen LogP) is 6.75. The van der Waals surface area contributed by atoms with Gasteiger partial charge in [-0.05, 0) is 59.7 Å². The fraction of sp³-hybridized carbons (Fsp3) is 0.618. The van der Waals surface area contributed by atoms with Crippen LogP contribution in [0.5, 0.6) is 17.2 Å². The molecule has 0 saturated carbocycles. The number of carbonyl (C=O) groups excluding carboxylic acids is 1. The van der Waals surface area contributed by atoms with E-state index in [4.69, 9.17) is 14.2 Å². The largest absolute Gasteiger partial charge is 1.00 e. The van der Waals surface area contributed by atoms with Crippen LogP contribution in [0.4, 0.5) is 0 Å². The maximum Gasteiger partial charge on any atom is 1.00 e. The van der Waals surface area contributed by atoms with Gasteiger partial charge in [-0.1, -0.05) is 96.3 Å². The van der Waals surface area contributed by atoms with Crippen molar-refractivity contribution in [1.82, 2.24) is 0 Å². The second-order valence-electron chi connectivity index (χ2n) is 10.7. The number of aryl methyl sites for hydroxylation is 3. The molecule has 1 unspecified atom stereocenters. The molecule has 220 valence electrons. The third-order valence-corrected chi connectivity index (χ3v) is 8.18. The van der Waals surface area contributed by atoms with E-state index in [1.54, 1.807) is 0 Å². The van der Waals surface area contributed by atoms with Gasteiger partial charge in [0.1, 0.15) is 17.2 Å². The van der Waals surface area contributed by atoms with Gasteiger partial charge in [-0.25, -0.2) is 0 Å². The van der Waals surface area contributed by atoms with Gasteiger partial charge in [0.25, 0.3) is 0 Å². The number of unbranched alkanes of at least 4 members (excludes halogenated alkanes) is 9. The molecule has 0 fully saturated rings. The summed E-state index contributed by atoms with van der Waals surface area (Å²) >= 11 is 0. The first-order valence-electron chi connectivity index (χ1n) is 15.4. The number of benzene rings is 2. The van der Waals surface area contributed by atoms with Crippen LogP contribution in [0.2, 0.25) is 0 Å². The zero-order valence-corrected chi connectivity index (χ0v) is 27.5. The Balaban J connectivity index is 0.00000800. The Hall–Kier alpha value is -1.46. The smallest absolute Gasteiger partial charge is 1.00 e. The molecule has 0 heterocycles. The number of carbonyl (C=O) groups is 1. The maximum atomic E-state index is 13.7. The van der Waals surface area contributed by atoms with Crippen LogP contribution < -0.4 is 38.4 Å². The third kappa shape index (κ3) is 13.0. The van der Waals surface area contributed by atoms with Gasteiger partial charge in [0.15, 0.2) is 5.52 Å². The van der Waals surface area contributed by atoms with Gasteiger partial charge in [0.05, 0.1) is 25.1 Å². The van der Waals surface area contributed by atoms with Crippen molar-refractivity contribution >= 4 is 19.4 Å². The van der Waals surface area contributed by atoms with Crippen molar-refractivity contribution in [2.75, 3.05) is 19.8 Å². The van der Waals surface area contributed by atoms with Gasteiger partial charge in [0, 0.05) is 17.7 Å². The van der Waals surface area contributed by atoms with E-state index < -0.39 is 0 Å². The van der Waals surface area contributed by atoms with E-state index in [1.165, 1.54) is 50.5 Å². The molecule has 2 rings (SSSR count). The van der Waals surface area contributed by atoms with Gasteiger partial charge in [-0.3, -0.25) is 4.79 Å². The Morgan fingerprint density at radius 2 is 1.07 bits per heavy atom. The van der Waals surface area contributed by atoms with Crippen molar-refractivity contribution in [3.05, 3.63) is 46.5 Å². The molecule has 0 saturated heterocycles. The molecule has 4 nitrogen and oxygen atoms in total. The van der Waals surface area contributed by atoms with Crippen LogP contribution in [0.15, 0.2) is 24.3 Å². The zero-order chi connectivity index (χ0) is 28.5. The SMILES string of the molecule is CCCCCCOc1cc(OCCCCCC)c(PC(=O)c2c(C)cc(C)cc2C)c(OCCCCCC)c1.[H-].[Li+]. The molecule has 0 N–H and O–H groups in total. The van der Waals surface area contributed by atoms with E-state index in [0.717, 1.165) is 71.3 Å². The van der Waals surface area contributed by atoms with Crippen LogP contribution in [-0.2, 0) is 0 Å². The molecule has 0 aromatic heterocycles. The van der Waals surface area contributed by atoms with Crippen molar-refractivity contribution in [3.8, 4) is 17.2 Å². The summed E-state index contributed by atoms with van der Waals surface area (Å²) in [5, 5.41) is 0.865. The average Bonchev–Trinajstić information content (AvgIpc) is 2.89. The Bertz CT molecular complexity index is 956. The fourth-order valence-corrected chi connectivity index (χ4v) is 6.14. The standard InChI is InChI=1S/C34H53O4P.Li.H/c1-7-10-13-16-19-36-29-24-30(37-20-17-14-11-8-2)33(31(25-29)38-21-18-15-12-9-3)39-34(35)32-27(5)22-26(4)23-28(32)6;;/h22-25,39H,7-21H2,1-6H3;;/q;+1;-1. The van der Waals surface area contributed by atoms with E-state index in [-0.39, 0.29) is 34.4 Å². The summed E-state index contributed by atoms with van der Waals surface area (Å²) < 4.78 is 18.9. The number of ether oxygens (including phenoxy) is 3. The molecule has 0 aliphatic rings. The molecule has 0 radical (unpaired) electrons. The summed E-state index contributed by atoms with van der Waals surface area (Å²) in [6, 6.07) is 8.15. The molecule has 2 aromatic carbocycles. The number of hydrogen-bond acceptors (Lipinski definition) is 4. The van der Waals surface area contributed by atoms with Gasteiger partial charge in [-0.15, -0.1) is 0 Å². The zero-order valence-electron chi connectivity index (χ0n) is 27.5. The van der Waals surface area contributed by atoms with E-state index in [0.29, 0.717) is 19.8 Å². The van der Waals surface area contributed by atoms with Crippen LogP contribution >= 0.6 is 8.58 Å². The summed E-state index contributed by atoms with van der Waals surface area (Å²) in [7, 11) is -0.0785. The van der Waals surface area contributed by atoms with Crippen molar-refractivity contribution in [2.24, 2.45) is 0 Å². The summed E-state index contributed by atoms with van der Waals surface area (Å²) in [6.07, 6.45) is 13.7. The molecular formula is C34H54LiO4P. The van der Waals surface area contributed by atoms with Gasteiger partial charge >= 0.3 is 18.9 Å². The molecule has 0 amide bonds. The third-order valence-electron chi connectivity index (χ3n) is 6.96. The fourth-order valence-electron chi connectivity index (χ4n) is 4.86. The van der Waals surface area contributed by atoms with Gasteiger partial charge in [0.2, 0.25) is 0 Å². The van der Waals surface area contributed by atoms with E-state index >= 15 is 0 Å². The summed E-state index contributed by atoms with van der Waals surface area (Å²) in [4.78, 5) is 13.7. The minimum absolute atomic E-state index is 0. The molecule has 40 heavy (non-hydrogen) atoms. The molecule has 0 aliphatic carbocycles. The minimum Gasteiger partial charge on any atom is -1.00 e. The maximum absolute atomic E-state index is 13.7. The second kappa shape index (κ2) is 21.3. The Labute approximate surface area is 260 Å². The van der Waals surface area contributed by atoms with Crippen LogP contribution in [0, 0.1) is 20.8 Å². The topological polar surface area (TPSA) is 44.8 Å². The van der Waals surface area contributed by atoms with Crippen molar-refractivity contribution < 1.29 is 39.3 Å². The molecule has 2 aromatic rings. The number of rotatable bonds is 21. The molecule has 0 spiro atoms. The van der Waals surface area contributed by atoms with E-state index in [9.17, 15) is 4.79 Å². The molecular weight excluding hydrogens is 510 g/mol. The summed E-state index contributed by atoms with van der Waals surface area (Å²) in [5.74, 6) is 2.23. The van der Waals surface area contributed by atoms with Crippen LogP contribution in [0.1, 0.15) is 126 Å². The number of hydrogen-bond donors (Lipinski definition) is 0. The first-order chi connectivity index (χ1) is 18.9. The first-order valence-corrected chi connectivity index (χ1v) is 16.4. The Kier molecular flexibility index (Phi) is 19.4. The molecule has 6 heteroatoms. The summed E-state index contributed by atoms with van der Waals surface area (Å²) in [5.41, 5.74) is 4.18. The molecule has 0 aliphatic heterocycles. The average molecular weight is 565 g/mol. The van der Waals surface area contributed by atoms with Gasteiger partial charge in [-0.2, -0.15) is 0 Å². The molecule has 0 bridgehead atoms. The Morgan fingerprint density at radius 3 is 1.50 bits per heavy atom. The quantitative estimate of drug-likeness (QED) is 0.0956. The van der Waals surface area contributed by atoms with Crippen LogP contribution in [0.3, 0.4) is 0 Å². The normalized spacial score (nSPS) is 11.1. The Morgan fingerprint density at radius 1 is 0.650 bits per heavy atom. The predicted molar refractivity (Wildman–Crippen MR) is 169 cm³/mol. The van der Waals surface area contributed by atoms with E-state index in [2.05, 4.69) is 39.8 Å². The van der Waals surface area contributed by atoms with Crippen molar-refractivity contribution in [2.45, 2.75) is 119 Å². The minimum atomic E-state index is -0.0785. The first kappa shape index (κ1) is 36.6.